The van der Waals surface area contributed by atoms with Crippen molar-refractivity contribution in [3.63, 3.8) is 0 Å². The smallest absolute Gasteiger partial charge is 0.154 e. The predicted molar refractivity (Wildman–Crippen MR) is 74.2 cm³/mol. The Morgan fingerprint density at radius 2 is 2.26 bits per heavy atom. The van der Waals surface area contributed by atoms with Gasteiger partial charge in [0.1, 0.15) is 5.75 Å². The number of nitrogens with one attached hydrogen (secondary N) is 1. The second-order valence-electron chi connectivity index (χ2n) is 5.30. The predicted octanol–water partition coefficient (Wildman–Crippen LogP) is 1.29. The number of hydrogen-bond acceptors (Lipinski definition) is 4. The highest BCUT2D eigenvalue weighted by molar-refractivity contribution is 7.92. The summed E-state index contributed by atoms with van der Waals surface area (Å²) in [6.07, 6.45) is 2.58. The summed E-state index contributed by atoms with van der Waals surface area (Å²) in [5.41, 5.74) is 2.45. The van der Waals surface area contributed by atoms with Crippen molar-refractivity contribution in [2.75, 3.05) is 18.9 Å². The van der Waals surface area contributed by atoms with Crippen molar-refractivity contribution in [3.05, 3.63) is 29.3 Å². The summed E-state index contributed by atoms with van der Waals surface area (Å²) < 4.78 is 28.9. The van der Waals surface area contributed by atoms with Crippen LogP contribution in [0.2, 0.25) is 0 Å². The largest absolute Gasteiger partial charge is 0.493 e. The van der Waals surface area contributed by atoms with Crippen molar-refractivity contribution >= 4 is 9.84 Å². The normalized spacial score (nSPS) is 24.1. The van der Waals surface area contributed by atoms with E-state index in [4.69, 9.17) is 4.74 Å². The summed E-state index contributed by atoms with van der Waals surface area (Å²) in [4.78, 5) is 0. The van der Waals surface area contributed by atoms with Crippen LogP contribution < -0.4 is 10.1 Å². The SMILES string of the molecule is O=S1(=O)CCCC1CNCc1ccc2c(c1)CCO2. The molecule has 0 bridgehead atoms. The number of sulfone groups is 1. The van der Waals surface area contributed by atoms with E-state index in [-0.39, 0.29) is 5.25 Å². The molecule has 2 aliphatic rings. The lowest BCUT2D eigenvalue weighted by atomic mass is 10.1. The number of fused-ring (bicyclic) bond motifs is 1. The molecule has 5 heteroatoms. The molecule has 1 unspecified atom stereocenters. The third kappa shape index (κ3) is 2.77. The fourth-order valence-electron chi connectivity index (χ4n) is 2.81. The van der Waals surface area contributed by atoms with Crippen LogP contribution in [0.15, 0.2) is 18.2 Å². The van der Waals surface area contributed by atoms with Crippen molar-refractivity contribution in [1.29, 1.82) is 0 Å². The zero-order valence-corrected chi connectivity index (χ0v) is 11.7. The van der Waals surface area contributed by atoms with Gasteiger partial charge in [-0.3, -0.25) is 0 Å². The van der Waals surface area contributed by atoms with Crippen molar-refractivity contribution in [1.82, 2.24) is 5.32 Å². The van der Waals surface area contributed by atoms with Crippen LogP contribution in [0.5, 0.6) is 5.75 Å². The highest BCUT2D eigenvalue weighted by Gasteiger charge is 2.30. The second-order valence-corrected chi connectivity index (χ2v) is 7.70. The molecular weight excluding hydrogens is 262 g/mol. The van der Waals surface area contributed by atoms with E-state index in [0.29, 0.717) is 12.3 Å². The topological polar surface area (TPSA) is 55.4 Å². The third-order valence-electron chi connectivity index (χ3n) is 3.92. The molecule has 2 heterocycles. The minimum Gasteiger partial charge on any atom is -0.493 e. The van der Waals surface area contributed by atoms with E-state index in [2.05, 4.69) is 11.4 Å². The molecule has 19 heavy (non-hydrogen) atoms. The summed E-state index contributed by atoms with van der Waals surface area (Å²) >= 11 is 0. The molecular formula is C14H19NO3S. The molecule has 1 aromatic carbocycles. The van der Waals surface area contributed by atoms with Gasteiger partial charge in [0.2, 0.25) is 0 Å². The Bertz CT molecular complexity index is 568. The third-order valence-corrected chi connectivity index (χ3v) is 6.19. The van der Waals surface area contributed by atoms with Gasteiger partial charge in [-0.1, -0.05) is 12.1 Å². The molecule has 0 aromatic heterocycles. The quantitative estimate of drug-likeness (QED) is 0.903. The summed E-state index contributed by atoms with van der Waals surface area (Å²) in [5.74, 6) is 1.34. The van der Waals surface area contributed by atoms with Gasteiger partial charge in [-0.05, 0) is 30.0 Å². The van der Waals surface area contributed by atoms with Gasteiger partial charge >= 0.3 is 0 Å². The van der Waals surface area contributed by atoms with Gasteiger partial charge < -0.3 is 10.1 Å². The van der Waals surface area contributed by atoms with E-state index in [1.807, 2.05) is 12.1 Å². The number of hydrogen-bond donors (Lipinski definition) is 1. The van der Waals surface area contributed by atoms with E-state index in [1.165, 1.54) is 11.1 Å². The van der Waals surface area contributed by atoms with Crippen LogP contribution in [-0.4, -0.2) is 32.6 Å². The van der Waals surface area contributed by atoms with E-state index in [1.54, 1.807) is 0 Å². The lowest BCUT2D eigenvalue weighted by Crippen LogP contribution is -2.30. The van der Waals surface area contributed by atoms with Crippen LogP contribution >= 0.6 is 0 Å². The maximum absolute atomic E-state index is 11.7. The standard InChI is InChI=1S/C14H19NO3S/c16-19(17)7-1-2-13(19)10-15-9-11-3-4-14-12(8-11)5-6-18-14/h3-4,8,13,15H,1-2,5-7,9-10H2. The molecule has 1 atom stereocenters. The van der Waals surface area contributed by atoms with Crippen molar-refractivity contribution in [2.24, 2.45) is 0 Å². The van der Waals surface area contributed by atoms with Gasteiger partial charge in [-0.15, -0.1) is 0 Å². The van der Waals surface area contributed by atoms with Crippen molar-refractivity contribution < 1.29 is 13.2 Å². The zero-order chi connectivity index (χ0) is 13.3. The maximum Gasteiger partial charge on any atom is 0.154 e. The van der Waals surface area contributed by atoms with Crippen LogP contribution in [0.25, 0.3) is 0 Å². The zero-order valence-electron chi connectivity index (χ0n) is 10.9. The Hall–Kier alpha value is -1.07. The highest BCUT2D eigenvalue weighted by atomic mass is 32.2. The number of rotatable bonds is 4. The Morgan fingerprint density at radius 3 is 3.05 bits per heavy atom. The van der Waals surface area contributed by atoms with Gasteiger partial charge in [0.25, 0.3) is 0 Å². The van der Waals surface area contributed by atoms with E-state index < -0.39 is 9.84 Å². The molecule has 1 aromatic rings. The molecule has 0 aliphatic carbocycles. The number of benzene rings is 1. The van der Waals surface area contributed by atoms with E-state index >= 15 is 0 Å². The first kappa shape index (κ1) is 12.9. The van der Waals surface area contributed by atoms with Gasteiger partial charge in [0, 0.05) is 19.5 Å². The van der Waals surface area contributed by atoms with Crippen LogP contribution in [0.3, 0.4) is 0 Å². The average molecular weight is 281 g/mol. The first-order valence-electron chi connectivity index (χ1n) is 6.82. The Morgan fingerprint density at radius 1 is 1.37 bits per heavy atom. The molecule has 1 fully saturated rings. The lowest BCUT2D eigenvalue weighted by Gasteiger charge is -2.11. The molecule has 1 saturated heterocycles. The minimum atomic E-state index is -2.83. The number of ether oxygens (including phenoxy) is 1. The van der Waals surface area contributed by atoms with Gasteiger partial charge in [-0.25, -0.2) is 8.42 Å². The molecule has 1 N–H and O–H groups in total. The summed E-state index contributed by atoms with van der Waals surface area (Å²) in [7, 11) is -2.83. The van der Waals surface area contributed by atoms with Crippen LogP contribution in [0.4, 0.5) is 0 Å². The van der Waals surface area contributed by atoms with Gasteiger partial charge in [-0.2, -0.15) is 0 Å². The van der Waals surface area contributed by atoms with E-state index in [0.717, 1.165) is 38.2 Å². The average Bonchev–Trinajstić information content (AvgIpc) is 2.95. The van der Waals surface area contributed by atoms with Gasteiger partial charge in [0.05, 0.1) is 17.6 Å². The summed E-state index contributed by atoms with van der Waals surface area (Å²) in [5, 5.41) is 3.08. The van der Waals surface area contributed by atoms with E-state index in [9.17, 15) is 8.42 Å². The van der Waals surface area contributed by atoms with Crippen LogP contribution in [0, 0.1) is 0 Å². The molecule has 104 valence electrons. The van der Waals surface area contributed by atoms with Gasteiger partial charge in [0.15, 0.2) is 9.84 Å². The molecule has 3 rings (SSSR count). The maximum atomic E-state index is 11.7. The first-order chi connectivity index (χ1) is 9.15. The monoisotopic (exact) mass is 281 g/mol. The lowest BCUT2D eigenvalue weighted by molar-refractivity contribution is 0.357. The van der Waals surface area contributed by atoms with Crippen molar-refractivity contribution in [2.45, 2.75) is 31.1 Å². The molecule has 0 spiro atoms. The fourth-order valence-corrected chi connectivity index (χ4v) is 4.61. The van der Waals surface area contributed by atoms with Crippen molar-refractivity contribution in [3.8, 4) is 5.75 Å². The summed E-state index contributed by atoms with van der Waals surface area (Å²) in [6.45, 7) is 2.06. The molecule has 0 amide bonds. The molecule has 2 aliphatic heterocycles. The second kappa shape index (κ2) is 5.13. The molecule has 0 radical (unpaired) electrons. The highest BCUT2D eigenvalue weighted by Crippen LogP contribution is 2.26. The fraction of sp³-hybridized carbons (Fsp3) is 0.571. The molecule has 4 nitrogen and oxygen atoms in total. The minimum absolute atomic E-state index is 0.190. The first-order valence-corrected chi connectivity index (χ1v) is 8.53. The Kier molecular flexibility index (Phi) is 3.50. The van der Waals surface area contributed by atoms with Crippen LogP contribution in [-0.2, 0) is 22.8 Å². The molecule has 0 saturated carbocycles. The Labute approximate surface area is 114 Å². The Balaban J connectivity index is 1.55. The van der Waals surface area contributed by atoms with Crippen LogP contribution in [0.1, 0.15) is 24.0 Å². The summed E-state index contributed by atoms with van der Waals surface area (Å²) in [6, 6.07) is 6.20.